The summed E-state index contributed by atoms with van der Waals surface area (Å²) in [6, 6.07) is 8.17. The molecular formula is C18H18F3NO3. The van der Waals surface area contributed by atoms with E-state index in [9.17, 15) is 23.1 Å². The summed E-state index contributed by atoms with van der Waals surface area (Å²) in [6.45, 7) is 0.347. The van der Waals surface area contributed by atoms with Crippen LogP contribution in [-0.4, -0.2) is 28.7 Å². The second kappa shape index (κ2) is 6.92. The van der Waals surface area contributed by atoms with E-state index < -0.39 is 18.0 Å². The summed E-state index contributed by atoms with van der Waals surface area (Å²) in [6.07, 6.45) is -2.99. The number of carbonyl (C=O) groups is 1. The molecule has 1 atom stereocenters. The lowest BCUT2D eigenvalue weighted by Crippen LogP contribution is -2.44. The van der Waals surface area contributed by atoms with Crippen molar-refractivity contribution in [1.82, 2.24) is 4.90 Å². The Kier molecular flexibility index (Phi) is 4.85. The fourth-order valence-electron chi connectivity index (χ4n) is 2.90. The van der Waals surface area contributed by atoms with Crippen molar-refractivity contribution >= 4 is 5.91 Å². The van der Waals surface area contributed by atoms with Gasteiger partial charge in [0.2, 0.25) is 5.91 Å². The zero-order valence-corrected chi connectivity index (χ0v) is 13.4. The van der Waals surface area contributed by atoms with Crippen molar-refractivity contribution in [3.05, 3.63) is 47.7 Å². The standard InChI is InChI=1S/C18H18F3NO3/c19-18(20,21)13-6-4-12(5-7-13)15-9-8-14(25-15)10-11-22-16(23)2-1-3-17(22)24/h4-9,16,23H,1-3,10-11H2. The molecule has 1 N–H and O–H groups in total. The van der Waals surface area contributed by atoms with Crippen LogP contribution in [0, 0.1) is 0 Å². The molecule has 0 aliphatic carbocycles. The predicted octanol–water partition coefficient (Wildman–Crippen LogP) is 3.84. The molecule has 2 heterocycles. The molecule has 1 aromatic carbocycles. The van der Waals surface area contributed by atoms with E-state index in [1.165, 1.54) is 17.0 Å². The molecule has 0 spiro atoms. The van der Waals surface area contributed by atoms with Crippen LogP contribution in [0.3, 0.4) is 0 Å². The van der Waals surface area contributed by atoms with E-state index in [-0.39, 0.29) is 5.91 Å². The molecule has 1 aliphatic heterocycles. The van der Waals surface area contributed by atoms with Crippen LogP contribution in [-0.2, 0) is 17.4 Å². The number of nitrogens with zero attached hydrogens (tertiary/aromatic N) is 1. The van der Waals surface area contributed by atoms with Gasteiger partial charge < -0.3 is 14.4 Å². The second-order valence-electron chi connectivity index (χ2n) is 6.05. The Balaban J connectivity index is 1.65. The van der Waals surface area contributed by atoms with Gasteiger partial charge >= 0.3 is 6.18 Å². The van der Waals surface area contributed by atoms with Crippen LogP contribution in [0.2, 0.25) is 0 Å². The maximum absolute atomic E-state index is 12.6. The monoisotopic (exact) mass is 353 g/mol. The maximum atomic E-state index is 12.6. The molecule has 1 amide bonds. The zero-order valence-electron chi connectivity index (χ0n) is 13.4. The van der Waals surface area contributed by atoms with Gasteiger partial charge in [0, 0.05) is 24.9 Å². The Morgan fingerprint density at radius 3 is 2.52 bits per heavy atom. The number of alkyl halides is 3. The van der Waals surface area contributed by atoms with E-state index in [1.807, 2.05) is 0 Å². The van der Waals surface area contributed by atoms with Gasteiger partial charge in [-0.3, -0.25) is 4.79 Å². The molecule has 1 aromatic heterocycles. The number of piperidine rings is 1. The Bertz CT molecular complexity index is 737. The van der Waals surface area contributed by atoms with Crippen LogP contribution >= 0.6 is 0 Å². The number of hydrogen-bond donors (Lipinski definition) is 1. The van der Waals surface area contributed by atoms with Crippen LogP contribution in [0.15, 0.2) is 40.8 Å². The number of hydrogen-bond acceptors (Lipinski definition) is 3. The van der Waals surface area contributed by atoms with Crippen molar-refractivity contribution in [1.29, 1.82) is 0 Å². The van der Waals surface area contributed by atoms with Gasteiger partial charge in [0.05, 0.1) is 5.56 Å². The molecule has 1 aliphatic rings. The highest BCUT2D eigenvalue weighted by Crippen LogP contribution is 2.31. The number of aliphatic hydroxyl groups excluding tert-OH is 1. The largest absolute Gasteiger partial charge is 0.461 e. The summed E-state index contributed by atoms with van der Waals surface area (Å²) in [4.78, 5) is 13.2. The summed E-state index contributed by atoms with van der Waals surface area (Å²) < 4.78 is 43.4. The van der Waals surface area contributed by atoms with Gasteiger partial charge in [-0.05, 0) is 37.1 Å². The van der Waals surface area contributed by atoms with Crippen molar-refractivity contribution in [2.75, 3.05) is 6.54 Å². The lowest BCUT2D eigenvalue weighted by molar-refractivity contribution is -0.146. The fourth-order valence-corrected chi connectivity index (χ4v) is 2.90. The normalized spacial score (nSPS) is 18.6. The zero-order chi connectivity index (χ0) is 18.0. The number of aliphatic hydroxyl groups is 1. The average molecular weight is 353 g/mol. The van der Waals surface area contributed by atoms with Crippen molar-refractivity contribution < 1.29 is 27.5 Å². The van der Waals surface area contributed by atoms with Crippen molar-refractivity contribution in [3.63, 3.8) is 0 Å². The summed E-state index contributed by atoms with van der Waals surface area (Å²) in [5, 5.41) is 9.87. The third-order valence-corrected chi connectivity index (χ3v) is 4.29. The first-order valence-electron chi connectivity index (χ1n) is 8.08. The van der Waals surface area contributed by atoms with Gasteiger partial charge in [0.25, 0.3) is 0 Å². The summed E-state index contributed by atoms with van der Waals surface area (Å²) in [5.41, 5.74) is -0.158. The van der Waals surface area contributed by atoms with E-state index >= 15 is 0 Å². The van der Waals surface area contributed by atoms with E-state index in [0.29, 0.717) is 49.3 Å². The van der Waals surface area contributed by atoms with Gasteiger partial charge in [-0.2, -0.15) is 13.2 Å². The lowest BCUT2D eigenvalue weighted by Gasteiger charge is -2.31. The van der Waals surface area contributed by atoms with Gasteiger partial charge in [-0.25, -0.2) is 0 Å². The Hall–Kier alpha value is -2.28. The lowest BCUT2D eigenvalue weighted by atomic mass is 10.1. The number of likely N-dealkylation sites (tertiary alicyclic amines) is 1. The smallest absolute Gasteiger partial charge is 0.416 e. The van der Waals surface area contributed by atoms with Crippen LogP contribution in [0.4, 0.5) is 13.2 Å². The first-order chi connectivity index (χ1) is 11.8. The van der Waals surface area contributed by atoms with Crippen molar-refractivity contribution in [2.24, 2.45) is 0 Å². The minimum absolute atomic E-state index is 0.0757. The fraction of sp³-hybridized carbons (Fsp3) is 0.389. The molecular weight excluding hydrogens is 335 g/mol. The molecule has 7 heteroatoms. The quantitative estimate of drug-likeness (QED) is 0.909. The Morgan fingerprint density at radius 1 is 1.16 bits per heavy atom. The topological polar surface area (TPSA) is 53.7 Å². The van der Waals surface area contributed by atoms with Gasteiger partial charge in [-0.1, -0.05) is 12.1 Å². The second-order valence-corrected chi connectivity index (χ2v) is 6.05. The summed E-state index contributed by atoms with van der Waals surface area (Å²) in [5.74, 6) is 1.00. The van der Waals surface area contributed by atoms with Crippen LogP contribution < -0.4 is 0 Å². The average Bonchev–Trinajstić information content (AvgIpc) is 3.03. The minimum Gasteiger partial charge on any atom is -0.461 e. The van der Waals surface area contributed by atoms with Gasteiger partial charge in [0.15, 0.2) is 0 Å². The minimum atomic E-state index is -4.37. The number of amides is 1. The number of carbonyl (C=O) groups excluding carboxylic acids is 1. The summed E-state index contributed by atoms with van der Waals surface area (Å²) in [7, 11) is 0. The van der Waals surface area contributed by atoms with E-state index in [0.717, 1.165) is 12.1 Å². The third kappa shape index (κ3) is 4.04. The van der Waals surface area contributed by atoms with E-state index in [4.69, 9.17) is 4.42 Å². The first kappa shape index (κ1) is 17.5. The maximum Gasteiger partial charge on any atom is 0.416 e. The molecule has 0 bridgehead atoms. The highest BCUT2D eigenvalue weighted by molar-refractivity contribution is 5.77. The van der Waals surface area contributed by atoms with Crippen LogP contribution in [0.5, 0.6) is 0 Å². The predicted molar refractivity (Wildman–Crippen MR) is 84.4 cm³/mol. The summed E-state index contributed by atoms with van der Waals surface area (Å²) >= 11 is 0. The number of rotatable bonds is 4. The SMILES string of the molecule is O=C1CCCC(O)N1CCc1ccc(-c2ccc(C(F)(F)F)cc2)o1. The molecule has 3 rings (SSSR count). The van der Waals surface area contributed by atoms with E-state index in [1.54, 1.807) is 12.1 Å². The molecule has 0 saturated carbocycles. The van der Waals surface area contributed by atoms with Crippen molar-refractivity contribution in [3.8, 4) is 11.3 Å². The highest BCUT2D eigenvalue weighted by atomic mass is 19.4. The van der Waals surface area contributed by atoms with Gasteiger partial charge in [0.1, 0.15) is 17.7 Å². The molecule has 1 saturated heterocycles. The third-order valence-electron chi connectivity index (χ3n) is 4.29. The first-order valence-corrected chi connectivity index (χ1v) is 8.08. The molecule has 2 aromatic rings. The molecule has 0 radical (unpaired) electrons. The van der Waals surface area contributed by atoms with Crippen LogP contribution in [0.1, 0.15) is 30.6 Å². The van der Waals surface area contributed by atoms with Crippen molar-refractivity contribution in [2.45, 2.75) is 38.1 Å². The molecule has 1 fully saturated rings. The van der Waals surface area contributed by atoms with Crippen LogP contribution in [0.25, 0.3) is 11.3 Å². The Labute approximate surface area is 142 Å². The Morgan fingerprint density at radius 2 is 1.88 bits per heavy atom. The molecule has 134 valence electrons. The highest BCUT2D eigenvalue weighted by Gasteiger charge is 2.30. The van der Waals surface area contributed by atoms with E-state index in [2.05, 4.69) is 0 Å². The molecule has 25 heavy (non-hydrogen) atoms. The number of halogens is 3. The number of furan rings is 1. The van der Waals surface area contributed by atoms with Gasteiger partial charge in [-0.15, -0.1) is 0 Å². The number of benzene rings is 1. The molecule has 4 nitrogen and oxygen atoms in total. The molecule has 1 unspecified atom stereocenters.